The standard InChI is InChI=1S/C12H18N2O5S/c1-9(2)20(17,18)14-10-4-3-5-11(8-10)19-7-6-13-12(15)16/h3-5,8-9,13-14H,6-7H2,1-2H3,(H,15,16). The van der Waals surface area contributed by atoms with Gasteiger partial charge in [0.1, 0.15) is 12.4 Å². The van der Waals surface area contributed by atoms with Crippen LogP contribution in [0.15, 0.2) is 24.3 Å². The Hall–Kier alpha value is -1.96. The lowest BCUT2D eigenvalue weighted by Gasteiger charge is -2.12. The Morgan fingerprint density at radius 1 is 1.40 bits per heavy atom. The van der Waals surface area contributed by atoms with Crippen LogP contribution >= 0.6 is 0 Å². The maximum atomic E-state index is 11.7. The van der Waals surface area contributed by atoms with Crippen molar-refractivity contribution in [3.05, 3.63) is 24.3 Å². The van der Waals surface area contributed by atoms with Gasteiger partial charge in [0.2, 0.25) is 10.0 Å². The van der Waals surface area contributed by atoms with E-state index in [0.29, 0.717) is 11.4 Å². The predicted molar refractivity (Wildman–Crippen MR) is 75.6 cm³/mol. The Balaban J connectivity index is 2.60. The van der Waals surface area contributed by atoms with Crippen molar-refractivity contribution in [2.45, 2.75) is 19.1 Å². The summed E-state index contributed by atoms with van der Waals surface area (Å²) in [6, 6.07) is 6.47. The van der Waals surface area contributed by atoms with Crippen molar-refractivity contribution in [3.8, 4) is 5.75 Å². The number of sulfonamides is 1. The molecule has 0 aromatic heterocycles. The predicted octanol–water partition coefficient (Wildman–Crippen LogP) is 1.48. The average Bonchev–Trinajstić information content (AvgIpc) is 2.34. The first-order chi connectivity index (χ1) is 9.31. The van der Waals surface area contributed by atoms with E-state index in [1.165, 1.54) is 0 Å². The smallest absolute Gasteiger partial charge is 0.404 e. The second-order valence-electron chi connectivity index (χ2n) is 4.30. The van der Waals surface area contributed by atoms with Gasteiger partial charge in [-0.3, -0.25) is 4.72 Å². The Kier molecular flexibility index (Phi) is 5.63. The van der Waals surface area contributed by atoms with Gasteiger partial charge in [-0.25, -0.2) is 13.2 Å². The molecule has 0 saturated heterocycles. The van der Waals surface area contributed by atoms with Crippen molar-refractivity contribution in [1.82, 2.24) is 5.32 Å². The summed E-state index contributed by atoms with van der Waals surface area (Å²) in [6.45, 7) is 3.48. The molecule has 0 heterocycles. The molecular formula is C12H18N2O5S. The largest absolute Gasteiger partial charge is 0.492 e. The summed E-state index contributed by atoms with van der Waals surface area (Å²) in [7, 11) is -3.40. The number of rotatable bonds is 7. The zero-order valence-electron chi connectivity index (χ0n) is 11.3. The lowest BCUT2D eigenvalue weighted by Crippen LogP contribution is -2.26. The van der Waals surface area contributed by atoms with Crippen LogP contribution in [0.4, 0.5) is 10.5 Å². The fraction of sp³-hybridized carbons (Fsp3) is 0.417. The zero-order valence-corrected chi connectivity index (χ0v) is 12.1. The molecule has 0 atom stereocenters. The van der Waals surface area contributed by atoms with Crippen LogP contribution in [0.3, 0.4) is 0 Å². The number of benzene rings is 1. The molecule has 0 aliphatic rings. The molecule has 1 rings (SSSR count). The molecular weight excluding hydrogens is 284 g/mol. The van der Waals surface area contributed by atoms with Crippen molar-refractivity contribution < 1.29 is 23.1 Å². The van der Waals surface area contributed by atoms with Crippen molar-refractivity contribution in [2.75, 3.05) is 17.9 Å². The van der Waals surface area contributed by atoms with Gasteiger partial charge in [-0.15, -0.1) is 0 Å². The van der Waals surface area contributed by atoms with E-state index in [1.54, 1.807) is 38.1 Å². The number of anilines is 1. The van der Waals surface area contributed by atoms with Gasteiger partial charge in [0.15, 0.2) is 0 Å². The molecule has 1 aromatic rings. The van der Waals surface area contributed by atoms with Gasteiger partial charge < -0.3 is 15.2 Å². The summed E-state index contributed by atoms with van der Waals surface area (Å²) in [5, 5.41) is 10.0. The Morgan fingerprint density at radius 3 is 2.70 bits per heavy atom. The number of amides is 1. The van der Waals surface area contributed by atoms with E-state index in [0.717, 1.165) is 0 Å². The van der Waals surface area contributed by atoms with Gasteiger partial charge in [-0.1, -0.05) is 6.07 Å². The third-order valence-electron chi connectivity index (χ3n) is 2.36. The van der Waals surface area contributed by atoms with Crippen LogP contribution in [0, 0.1) is 0 Å². The maximum absolute atomic E-state index is 11.7. The minimum absolute atomic E-state index is 0.150. The maximum Gasteiger partial charge on any atom is 0.404 e. The molecule has 0 bridgehead atoms. The van der Waals surface area contributed by atoms with Crippen molar-refractivity contribution in [1.29, 1.82) is 0 Å². The van der Waals surface area contributed by atoms with E-state index in [1.807, 2.05) is 0 Å². The second-order valence-corrected chi connectivity index (χ2v) is 6.54. The van der Waals surface area contributed by atoms with E-state index >= 15 is 0 Å². The molecule has 0 spiro atoms. The minimum Gasteiger partial charge on any atom is -0.492 e. The zero-order chi connectivity index (χ0) is 15.2. The summed E-state index contributed by atoms with van der Waals surface area (Å²) in [5.41, 5.74) is 0.405. The van der Waals surface area contributed by atoms with Gasteiger partial charge in [-0.05, 0) is 26.0 Å². The van der Waals surface area contributed by atoms with E-state index < -0.39 is 21.4 Å². The molecule has 1 amide bonds. The van der Waals surface area contributed by atoms with E-state index in [2.05, 4.69) is 10.0 Å². The van der Waals surface area contributed by atoms with Crippen LogP contribution in [-0.4, -0.2) is 38.0 Å². The molecule has 0 radical (unpaired) electrons. The first kappa shape index (κ1) is 16.1. The lowest BCUT2D eigenvalue weighted by molar-refractivity contribution is 0.191. The van der Waals surface area contributed by atoms with Gasteiger partial charge in [-0.2, -0.15) is 0 Å². The minimum atomic E-state index is -3.40. The van der Waals surface area contributed by atoms with Crippen LogP contribution in [0.25, 0.3) is 0 Å². The molecule has 8 heteroatoms. The number of carboxylic acid groups (broad SMARTS) is 1. The van der Waals surface area contributed by atoms with Crippen molar-refractivity contribution in [3.63, 3.8) is 0 Å². The summed E-state index contributed by atoms with van der Waals surface area (Å²) in [6.07, 6.45) is -1.12. The van der Waals surface area contributed by atoms with Gasteiger partial charge >= 0.3 is 6.09 Å². The second kappa shape index (κ2) is 6.99. The third kappa shape index (κ3) is 5.35. The highest BCUT2D eigenvalue weighted by atomic mass is 32.2. The van der Waals surface area contributed by atoms with Crippen LogP contribution in [0.1, 0.15) is 13.8 Å². The van der Waals surface area contributed by atoms with Crippen LogP contribution in [0.5, 0.6) is 5.75 Å². The van der Waals surface area contributed by atoms with Crippen LogP contribution in [0.2, 0.25) is 0 Å². The monoisotopic (exact) mass is 302 g/mol. The van der Waals surface area contributed by atoms with Crippen molar-refractivity contribution >= 4 is 21.8 Å². The Labute approximate surface area is 118 Å². The first-order valence-electron chi connectivity index (χ1n) is 6.02. The molecule has 0 unspecified atom stereocenters. The molecule has 0 aliphatic carbocycles. The number of ether oxygens (including phenoxy) is 1. The van der Waals surface area contributed by atoms with E-state index in [-0.39, 0.29) is 13.2 Å². The summed E-state index contributed by atoms with van der Waals surface area (Å²) < 4.78 is 31.2. The fourth-order valence-corrected chi connectivity index (χ4v) is 1.95. The van der Waals surface area contributed by atoms with Crippen molar-refractivity contribution in [2.24, 2.45) is 0 Å². The molecule has 3 N–H and O–H groups in total. The first-order valence-corrected chi connectivity index (χ1v) is 7.57. The summed E-state index contributed by atoms with van der Waals surface area (Å²) >= 11 is 0. The van der Waals surface area contributed by atoms with Gasteiger partial charge in [0.05, 0.1) is 17.5 Å². The molecule has 0 saturated carbocycles. The SMILES string of the molecule is CC(C)S(=O)(=O)Nc1cccc(OCCNC(=O)O)c1. The van der Waals surface area contributed by atoms with E-state index in [9.17, 15) is 13.2 Å². The Morgan fingerprint density at radius 2 is 2.10 bits per heavy atom. The molecule has 1 aromatic carbocycles. The highest BCUT2D eigenvalue weighted by Gasteiger charge is 2.15. The Bertz CT molecular complexity index is 557. The quantitative estimate of drug-likeness (QED) is 0.662. The number of hydrogen-bond donors (Lipinski definition) is 3. The fourth-order valence-electron chi connectivity index (χ4n) is 1.26. The van der Waals surface area contributed by atoms with Crippen LogP contribution in [-0.2, 0) is 10.0 Å². The highest BCUT2D eigenvalue weighted by Crippen LogP contribution is 2.19. The highest BCUT2D eigenvalue weighted by molar-refractivity contribution is 7.93. The molecule has 0 aliphatic heterocycles. The van der Waals surface area contributed by atoms with Gasteiger partial charge in [0, 0.05) is 6.07 Å². The van der Waals surface area contributed by atoms with Crippen LogP contribution < -0.4 is 14.8 Å². The molecule has 0 fully saturated rings. The molecule has 20 heavy (non-hydrogen) atoms. The van der Waals surface area contributed by atoms with Gasteiger partial charge in [0.25, 0.3) is 0 Å². The summed E-state index contributed by atoms with van der Waals surface area (Å²) in [5.74, 6) is 0.459. The third-order valence-corrected chi connectivity index (χ3v) is 4.12. The number of carbonyl (C=O) groups is 1. The number of nitrogens with one attached hydrogen (secondary N) is 2. The average molecular weight is 302 g/mol. The number of hydrogen-bond acceptors (Lipinski definition) is 4. The van der Waals surface area contributed by atoms with E-state index in [4.69, 9.17) is 9.84 Å². The normalized spacial score (nSPS) is 11.2. The molecule has 112 valence electrons. The summed E-state index contributed by atoms with van der Waals surface area (Å²) in [4.78, 5) is 10.2. The molecule has 7 nitrogen and oxygen atoms in total. The topological polar surface area (TPSA) is 105 Å². The lowest BCUT2D eigenvalue weighted by atomic mass is 10.3.